The lowest BCUT2D eigenvalue weighted by atomic mass is 10.2. The fourth-order valence-electron chi connectivity index (χ4n) is 1.66. The quantitative estimate of drug-likeness (QED) is 0.666. The van der Waals surface area contributed by atoms with E-state index in [-0.39, 0.29) is 11.5 Å². The van der Waals surface area contributed by atoms with Gasteiger partial charge >= 0.3 is 0 Å². The van der Waals surface area contributed by atoms with Crippen LogP contribution >= 0.6 is 23.2 Å². The summed E-state index contributed by atoms with van der Waals surface area (Å²) in [6.07, 6.45) is 0. The van der Waals surface area contributed by atoms with Gasteiger partial charge in [0.05, 0.1) is 23.1 Å². The smallest absolute Gasteiger partial charge is 0.277 e. The molecule has 1 aromatic heterocycles. The lowest BCUT2D eigenvalue weighted by Gasteiger charge is -2.04. The number of hydrogen-bond acceptors (Lipinski definition) is 5. The predicted molar refractivity (Wildman–Crippen MR) is 78.0 cm³/mol. The molecule has 0 aliphatic heterocycles. The van der Waals surface area contributed by atoms with Crippen LogP contribution in [0.3, 0.4) is 0 Å². The zero-order chi connectivity index (χ0) is 15.2. The molecule has 0 radical (unpaired) electrons. The first-order valence-electron chi connectivity index (χ1n) is 6.19. The van der Waals surface area contributed by atoms with Crippen LogP contribution in [0, 0.1) is 0 Å². The Balaban J connectivity index is 1.69. The molecule has 0 aliphatic carbocycles. The first-order valence-corrected chi connectivity index (χ1v) is 6.95. The summed E-state index contributed by atoms with van der Waals surface area (Å²) in [6, 6.07) is 5.49. The lowest BCUT2D eigenvalue weighted by molar-refractivity contribution is -0.668. The Morgan fingerprint density at radius 1 is 1.33 bits per heavy atom. The van der Waals surface area contributed by atoms with Gasteiger partial charge in [0.25, 0.3) is 5.91 Å². The molecule has 112 valence electrons. The van der Waals surface area contributed by atoms with Crippen LogP contribution in [0.15, 0.2) is 22.8 Å². The molecule has 0 unspecified atom stereocenters. The summed E-state index contributed by atoms with van der Waals surface area (Å²) in [6.45, 7) is 1.89. The zero-order valence-electron chi connectivity index (χ0n) is 11.0. The molecule has 2 rings (SSSR count). The van der Waals surface area contributed by atoms with E-state index >= 15 is 0 Å². The van der Waals surface area contributed by atoms with Crippen LogP contribution in [0.5, 0.6) is 0 Å². The number of nitrogens with two attached hydrogens (primary N) is 2. The molecule has 1 aromatic carbocycles. The summed E-state index contributed by atoms with van der Waals surface area (Å²) < 4.78 is 4.36. The van der Waals surface area contributed by atoms with Crippen molar-refractivity contribution in [1.29, 1.82) is 0 Å². The van der Waals surface area contributed by atoms with Gasteiger partial charge in [-0.25, -0.2) is 4.63 Å². The highest BCUT2D eigenvalue weighted by atomic mass is 35.5. The second-order valence-electron chi connectivity index (χ2n) is 4.28. The molecule has 0 aliphatic rings. The fraction of sp³-hybridized carbons (Fsp3) is 0.250. The maximum atomic E-state index is 11.6. The van der Waals surface area contributed by atoms with Crippen molar-refractivity contribution in [3.63, 3.8) is 0 Å². The number of rotatable bonds is 6. The molecule has 0 atom stereocenters. The third-order valence-corrected chi connectivity index (χ3v) is 3.47. The highest BCUT2D eigenvalue weighted by molar-refractivity contribution is 6.42. The monoisotopic (exact) mass is 330 g/mol. The molecule has 0 fully saturated rings. The summed E-state index contributed by atoms with van der Waals surface area (Å²) in [4.78, 5) is 11.6. The number of nitrogen functional groups attached to an aromatic ring is 1. The van der Waals surface area contributed by atoms with Crippen molar-refractivity contribution in [2.24, 2.45) is 0 Å². The SMILES string of the molecule is Nc1nonc1C(=O)NCC[NH2+]Cc1ccc(Cl)c(Cl)c1. The van der Waals surface area contributed by atoms with Crippen LogP contribution in [0.1, 0.15) is 16.1 Å². The molecule has 1 heterocycles. The largest absolute Gasteiger partial charge is 0.379 e. The van der Waals surface area contributed by atoms with Crippen LogP contribution in [0.2, 0.25) is 10.0 Å². The Morgan fingerprint density at radius 3 is 2.81 bits per heavy atom. The number of halogens is 2. The van der Waals surface area contributed by atoms with Crippen LogP contribution in [0.25, 0.3) is 0 Å². The summed E-state index contributed by atoms with van der Waals surface area (Å²) in [5.74, 6) is -0.427. The number of nitrogens with zero attached hydrogens (tertiary/aromatic N) is 2. The number of amides is 1. The summed E-state index contributed by atoms with van der Waals surface area (Å²) >= 11 is 11.8. The Hall–Kier alpha value is -1.83. The van der Waals surface area contributed by atoms with E-state index in [0.29, 0.717) is 23.1 Å². The number of carbonyl (C=O) groups is 1. The van der Waals surface area contributed by atoms with E-state index in [2.05, 4.69) is 20.3 Å². The summed E-state index contributed by atoms with van der Waals surface area (Å²) in [5, 5.41) is 12.5. The standard InChI is InChI=1S/C12H13Cl2N5O2/c13-8-2-1-7(5-9(8)14)6-16-3-4-17-12(20)10-11(15)19-21-18-10/h1-2,5,16H,3-4,6H2,(H2,15,19)(H,17,20)/p+1. The van der Waals surface area contributed by atoms with Crippen molar-refractivity contribution in [2.45, 2.75) is 6.54 Å². The first kappa shape index (κ1) is 15.6. The Labute approximate surface area is 130 Å². The minimum atomic E-state index is -0.406. The average molecular weight is 331 g/mol. The maximum Gasteiger partial charge on any atom is 0.277 e. The molecule has 0 bridgehead atoms. The summed E-state index contributed by atoms with van der Waals surface area (Å²) in [5.41, 5.74) is 6.47. The van der Waals surface area contributed by atoms with Gasteiger partial charge in [-0.1, -0.05) is 29.3 Å². The van der Waals surface area contributed by atoms with Crippen molar-refractivity contribution in [3.05, 3.63) is 39.5 Å². The highest BCUT2D eigenvalue weighted by Crippen LogP contribution is 2.21. The fourth-order valence-corrected chi connectivity index (χ4v) is 1.98. The average Bonchev–Trinajstić information content (AvgIpc) is 2.88. The second kappa shape index (κ2) is 7.26. The van der Waals surface area contributed by atoms with E-state index in [1.54, 1.807) is 6.07 Å². The number of benzene rings is 1. The van der Waals surface area contributed by atoms with Gasteiger partial charge in [0.1, 0.15) is 6.54 Å². The van der Waals surface area contributed by atoms with Gasteiger partial charge in [0, 0.05) is 5.56 Å². The van der Waals surface area contributed by atoms with E-state index in [9.17, 15) is 4.79 Å². The van der Waals surface area contributed by atoms with E-state index in [1.807, 2.05) is 17.4 Å². The topological polar surface area (TPSA) is 111 Å². The zero-order valence-corrected chi connectivity index (χ0v) is 12.5. The molecule has 21 heavy (non-hydrogen) atoms. The molecule has 5 N–H and O–H groups in total. The molecule has 0 saturated carbocycles. The minimum absolute atomic E-state index is 0.000479. The van der Waals surface area contributed by atoms with Gasteiger partial charge in [0.15, 0.2) is 0 Å². The third kappa shape index (κ3) is 4.32. The predicted octanol–water partition coefficient (Wildman–Crippen LogP) is 0.452. The number of quaternary nitrogens is 1. The van der Waals surface area contributed by atoms with Gasteiger partial charge in [-0.2, -0.15) is 0 Å². The van der Waals surface area contributed by atoms with E-state index in [4.69, 9.17) is 28.9 Å². The van der Waals surface area contributed by atoms with Gasteiger partial charge in [-0.05, 0) is 22.4 Å². The number of hydrogen-bond donors (Lipinski definition) is 3. The first-order chi connectivity index (χ1) is 10.1. The van der Waals surface area contributed by atoms with Crippen LogP contribution in [-0.4, -0.2) is 29.3 Å². The molecular formula is C12H14Cl2N5O2+. The number of aromatic nitrogens is 2. The van der Waals surface area contributed by atoms with Crippen molar-refractivity contribution in [1.82, 2.24) is 15.6 Å². The molecular weight excluding hydrogens is 317 g/mol. The van der Waals surface area contributed by atoms with Crippen molar-refractivity contribution >= 4 is 34.9 Å². The molecule has 9 heteroatoms. The van der Waals surface area contributed by atoms with E-state index in [0.717, 1.165) is 12.1 Å². The molecule has 1 amide bonds. The van der Waals surface area contributed by atoms with Gasteiger partial charge in [-0.15, -0.1) is 0 Å². The number of nitrogens with one attached hydrogen (secondary N) is 1. The van der Waals surface area contributed by atoms with E-state index in [1.165, 1.54) is 0 Å². The van der Waals surface area contributed by atoms with Crippen molar-refractivity contribution < 1.29 is 14.7 Å². The second-order valence-corrected chi connectivity index (χ2v) is 5.10. The van der Waals surface area contributed by atoms with Crippen LogP contribution in [0.4, 0.5) is 5.82 Å². The maximum absolute atomic E-state index is 11.6. The highest BCUT2D eigenvalue weighted by Gasteiger charge is 2.15. The van der Waals surface area contributed by atoms with Gasteiger partial charge < -0.3 is 16.4 Å². The molecule has 0 spiro atoms. The number of anilines is 1. The van der Waals surface area contributed by atoms with Crippen LogP contribution < -0.4 is 16.4 Å². The van der Waals surface area contributed by atoms with Gasteiger partial charge in [-0.3, -0.25) is 4.79 Å². The minimum Gasteiger partial charge on any atom is -0.379 e. The van der Waals surface area contributed by atoms with E-state index < -0.39 is 5.91 Å². The summed E-state index contributed by atoms with van der Waals surface area (Å²) in [7, 11) is 0. The Bertz CT molecular complexity index is 632. The third-order valence-electron chi connectivity index (χ3n) is 2.73. The molecule has 0 saturated heterocycles. The molecule has 7 nitrogen and oxygen atoms in total. The Kier molecular flexibility index (Phi) is 5.38. The van der Waals surface area contributed by atoms with Crippen molar-refractivity contribution in [2.75, 3.05) is 18.8 Å². The molecule has 2 aromatic rings. The Morgan fingerprint density at radius 2 is 2.14 bits per heavy atom. The number of carbonyl (C=O) groups excluding carboxylic acids is 1. The van der Waals surface area contributed by atoms with Crippen molar-refractivity contribution in [3.8, 4) is 0 Å². The van der Waals surface area contributed by atoms with Crippen LogP contribution in [-0.2, 0) is 6.54 Å². The normalized spacial score (nSPS) is 10.6. The lowest BCUT2D eigenvalue weighted by Crippen LogP contribution is -2.84. The van der Waals surface area contributed by atoms with Gasteiger partial charge in [0.2, 0.25) is 11.5 Å².